The molecule has 5 atom stereocenters. The average Bonchev–Trinajstić information content (AvgIpc) is 3.08. The summed E-state index contributed by atoms with van der Waals surface area (Å²) in [7, 11) is 0. The van der Waals surface area contributed by atoms with Gasteiger partial charge in [0.05, 0.1) is 12.5 Å². The van der Waals surface area contributed by atoms with Gasteiger partial charge in [-0.2, -0.15) is 0 Å². The van der Waals surface area contributed by atoms with E-state index in [1.165, 1.54) is 13.8 Å². The second-order valence-electron chi connectivity index (χ2n) is 6.76. The van der Waals surface area contributed by atoms with E-state index in [1.807, 2.05) is 0 Å². The highest BCUT2D eigenvalue weighted by molar-refractivity contribution is 5.96. The number of likely N-dealkylation sites (tertiary alicyclic amines) is 1. The molecule has 0 aromatic rings. The maximum absolute atomic E-state index is 12.5. The molecule has 8 N–H and O–H groups in total. The van der Waals surface area contributed by atoms with Gasteiger partial charge in [-0.25, -0.2) is 4.79 Å². The van der Waals surface area contributed by atoms with E-state index < -0.39 is 66.3 Å². The van der Waals surface area contributed by atoms with Crippen molar-refractivity contribution in [2.24, 2.45) is 11.5 Å². The lowest BCUT2D eigenvalue weighted by molar-refractivity contribution is -0.149. The Morgan fingerprint density at radius 1 is 1.14 bits per heavy atom. The molecule has 28 heavy (non-hydrogen) atoms. The smallest absolute Gasteiger partial charge is 0.326 e. The van der Waals surface area contributed by atoms with E-state index in [1.54, 1.807) is 0 Å². The molecule has 12 nitrogen and oxygen atoms in total. The molecule has 5 unspecified atom stereocenters. The molecule has 0 radical (unpaired) electrons. The zero-order valence-electron chi connectivity index (χ0n) is 15.8. The van der Waals surface area contributed by atoms with Gasteiger partial charge < -0.3 is 37.2 Å². The van der Waals surface area contributed by atoms with Crippen molar-refractivity contribution in [3.05, 3.63) is 0 Å². The van der Waals surface area contributed by atoms with E-state index in [0.717, 1.165) is 4.90 Å². The predicted molar refractivity (Wildman–Crippen MR) is 95.4 cm³/mol. The molecule has 1 heterocycles. The van der Waals surface area contributed by atoms with Crippen LogP contribution in [-0.4, -0.2) is 81.5 Å². The van der Waals surface area contributed by atoms with E-state index in [2.05, 4.69) is 10.6 Å². The number of hydrogen-bond acceptors (Lipinski definition) is 7. The van der Waals surface area contributed by atoms with Crippen molar-refractivity contribution in [1.29, 1.82) is 0 Å². The molecule has 12 heteroatoms. The van der Waals surface area contributed by atoms with Crippen LogP contribution in [0.15, 0.2) is 0 Å². The number of carboxylic acids is 1. The molecule has 0 aromatic heterocycles. The highest BCUT2D eigenvalue weighted by Gasteiger charge is 2.37. The van der Waals surface area contributed by atoms with Crippen molar-refractivity contribution in [2.45, 2.75) is 63.4 Å². The number of carboxylic acid groups (broad SMARTS) is 1. The molecule has 1 fully saturated rings. The average molecular weight is 401 g/mol. The van der Waals surface area contributed by atoms with Gasteiger partial charge in [-0.15, -0.1) is 0 Å². The number of aliphatic carboxylic acids is 1. The molecular formula is C16H27N5O7. The van der Waals surface area contributed by atoms with Gasteiger partial charge in [0.15, 0.2) is 0 Å². The second kappa shape index (κ2) is 9.99. The van der Waals surface area contributed by atoms with Crippen LogP contribution in [0.4, 0.5) is 0 Å². The molecule has 0 spiro atoms. The number of nitrogens with two attached hydrogens (primary N) is 2. The number of carbonyl (C=O) groups excluding carboxylic acids is 4. The minimum absolute atomic E-state index is 0.251. The van der Waals surface area contributed by atoms with Crippen LogP contribution < -0.4 is 22.1 Å². The van der Waals surface area contributed by atoms with Crippen LogP contribution in [0.25, 0.3) is 0 Å². The molecule has 1 aliphatic heterocycles. The number of primary amides is 1. The molecule has 158 valence electrons. The van der Waals surface area contributed by atoms with Gasteiger partial charge in [0.1, 0.15) is 24.2 Å². The van der Waals surface area contributed by atoms with Crippen LogP contribution in [0.5, 0.6) is 0 Å². The predicted octanol–water partition coefficient (Wildman–Crippen LogP) is -3.36. The third-order valence-electron chi connectivity index (χ3n) is 4.41. The minimum atomic E-state index is -1.40. The van der Waals surface area contributed by atoms with E-state index in [9.17, 15) is 29.1 Å². The molecule has 1 rings (SSSR count). The Labute approximate surface area is 161 Å². The maximum atomic E-state index is 12.5. The van der Waals surface area contributed by atoms with Gasteiger partial charge in [0.2, 0.25) is 23.6 Å². The molecule has 0 saturated carbocycles. The van der Waals surface area contributed by atoms with Crippen molar-refractivity contribution < 1.29 is 34.2 Å². The van der Waals surface area contributed by atoms with E-state index in [0.29, 0.717) is 12.8 Å². The zero-order valence-corrected chi connectivity index (χ0v) is 15.8. The Hall–Kier alpha value is -2.73. The molecule has 1 saturated heterocycles. The number of rotatable bonds is 9. The number of amides is 4. The third-order valence-corrected chi connectivity index (χ3v) is 4.41. The van der Waals surface area contributed by atoms with E-state index >= 15 is 0 Å². The van der Waals surface area contributed by atoms with Crippen LogP contribution in [0, 0.1) is 0 Å². The lowest BCUT2D eigenvalue weighted by atomic mass is 10.1. The molecular weight excluding hydrogens is 374 g/mol. The zero-order chi connectivity index (χ0) is 21.6. The van der Waals surface area contributed by atoms with Gasteiger partial charge in [0.25, 0.3) is 0 Å². The van der Waals surface area contributed by atoms with Gasteiger partial charge >= 0.3 is 5.97 Å². The van der Waals surface area contributed by atoms with Crippen molar-refractivity contribution in [1.82, 2.24) is 15.5 Å². The van der Waals surface area contributed by atoms with Crippen molar-refractivity contribution >= 4 is 29.6 Å². The standard InChI is InChI=1S/C16H27N5O7/c1-7(15(26)21-5-3-4-10(21)16(27)28)19-13(24)9(6-11(17)23)20-14(25)12(18)8(2)22/h7-10,12,22H,3-6,18H2,1-2H3,(H2,17,23)(H,19,24)(H,20,25)(H,27,28). The SMILES string of the molecule is CC(NC(=O)C(CC(N)=O)NC(=O)C(N)C(C)O)C(=O)N1CCCC1C(=O)O. The summed E-state index contributed by atoms with van der Waals surface area (Å²) < 4.78 is 0. The quantitative estimate of drug-likeness (QED) is 0.229. The van der Waals surface area contributed by atoms with Crippen LogP contribution in [0.2, 0.25) is 0 Å². The topological polar surface area (TPSA) is 205 Å². The number of hydrogen-bond donors (Lipinski definition) is 6. The first-order chi connectivity index (χ1) is 13.0. The lowest BCUT2D eigenvalue weighted by Gasteiger charge is -2.27. The van der Waals surface area contributed by atoms with Crippen LogP contribution in [0.1, 0.15) is 33.1 Å². The van der Waals surface area contributed by atoms with Crippen LogP contribution >= 0.6 is 0 Å². The van der Waals surface area contributed by atoms with Crippen LogP contribution in [-0.2, 0) is 24.0 Å². The number of nitrogens with zero attached hydrogens (tertiary/aromatic N) is 1. The summed E-state index contributed by atoms with van der Waals surface area (Å²) in [6, 6.07) is -4.79. The summed E-state index contributed by atoms with van der Waals surface area (Å²) in [5, 5.41) is 23.1. The van der Waals surface area contributed by atoms with Crippen molar-refractivity contribution in [3.63, 3.8) is 0 Å². The van der Waals surface area contributed by atoms with Crippen LogP contribution in [0.3, 0.4) is 0 Å². The summed E-state index contributed by atoms with van der Waals surface area (Å²) >= 11 is 0. The summed E-state index contributed by atoms with van der Waals surface area (Å²) in [5.41, 5.74) is 10.6. The molecule has 4 amide bonds. The van der Waals surface area contributed by atoms with E-state index in [-0.39, 0.29) is 6.54 Å². The molecule has 0 aromatic carbocycles. The largest absolute Gasteiger partial charge is 0.480 e. The van der Waals surface area contributed by atoms with E-state index in [4.69, 9.17) is 16.6 Å². The fraction of sp³-hybridized carbons (Fsp3) is 0.688. The fourth-order valence-electron chi connectivity index (χ4n) is 2.81. The van der Waals surface area contributed by atoms with Crippen molar-refractivity contribution in [2.75, 3.05) is 6.54 Å². The highest BCUT2D eigenvalue weighted by Crippen LogP contribution is 2.18. The summed E-state index contributed by atoms with van der Waals surface area (Å²) in [6.45, 7) is 2.89. The van der Waals surface area contributed by atoms with Gasteiger partial charge in [-0.1, -0.05) is 0 Å². The monoisotopic (exact) mass is 401 g/mol. The fourth-order valence-corrected chi connectivity index (χ4v) is 2.81. The minimum Gasteiger partial charge on any atom is -0.480 e. The summed E-state index contributed by atoms with van der Waals surface area (Å²) in [6.07, 6.45) is -0.895. The lowest BCUT2D eigenvalue weighted by Crippen LogP contribution is -2.58. The highest BCUT2D eigenvalue weighted by atomic mass is 16.4. The van der Waals surface area contributed by atoms with Gasteiger partial charge in [-0.05, 0) is 26.7 Å². The summed E-state index contributed by atoms with van der Waals surface area (Å²) in [5.74, 6) is -4.34. The number of nitrogens with one attached hydrogen (secondary N) is 2. The maximum Gasteiger partial charge on any atom is 0.326 e. The normalized spacial score (nSPS) is 20.6. The van der Waals surface area contributed by atoms with Gasteiger partial charge in [0, 0.05) is 6.54 Å². The first-order valence-corrected chi connectivity index (χ1v) is 8.81. The number of aliphatic hydroxyl groups excluding tert-OH is 1. The second-order valence-corrected chi connectivity index (χ2v) is 6.76. The number of carbonyl (C=O) groups is 5. The Bertz CT molecular complexity index is 639. The number of aliphatic hydroxyl groups is 1. The molecule has 0 bridgehead atoms. The molecule has 1 aliphatic rings. The Balaban J connectivity index is 2.80. The van der Waals surface area contributed by atoms with Crippen molar-refractivity contribution in [3.8, 4) is 0 Å². The summed E-state index contributed by atoms with van der Waals surface area (Å²) in [4.78, 5) is 60.5. The Morgan fingerprint density at radius 2 is 1.75 bits per heavy atom. The Kier molecular flexibility index (Phi) is 8.32. The first-order valence-electron chi connectivity index (χ1n) is 8.81. The third kappa shape index (κ3) is 6.16. The molecule has 0 aliphatic carbocycles. The van der Waals surface area contributed by atoms with Gasteiger partial charge in [-0.3, -0.25) is 19.2 Å². The first kappa shape index (κ1) is 23.3. The Morgan fingerprint density at radius 3 is 2.25 bits per heavy atom.